The highest BCUT2D eigenvalue weighted by Crippen LogP contribution is 1.79. The summed E-state index contributed by atoms with van der Waals surface area (Å²) in [6, 6.07) is 0. The van der Waals surface area contributed by atoms with Gasteiger partial charge in [0.05, 0.1) is 0 Å². The molecule has 0 aromatic carbocycles. The number of carbonyl (C=O) groups excluding carboxylic acids is 1. The molecule has 42 valence electrons. The van der Waals surface area contributed by atoms with Crippen LogP contribution in [0.4, 0.5) is 0 Å². The first-order valence-corrected chi connectivity index (χ1v) is 2.85. The van der Waals surface area contributed by atoms with Crippen molar-refractivity contribution in [2.24, 2.45) is 0 Å². The molecule has 0 aliphatic carbocycles. The Kier molecular flexibility index (Phi) is 4.03. The lowest BCUT2D eigenvalue weighted by atomic mass is 10.8. The summed E-state index contributed by atoms with van der Waals surface area (Å²) in [5.74, 6) is -0.317. The van der Waals surface area contributed by atoms with Gasteiger partial charge in [-0.2, -0.15) is 5.48 Å². The van der Waals surface area contributed by atoms with Crippen LogP contribution in [0, 0.1) is 0 Å². The minimum absolute atomic E-state index is 0.230. The maximum absolute atomic E-state index is 10.1. The molecule has 0 atom stereocenters. The zero-order chi connectivity index (χ0) is 5.70. The van der Waals surface area contributed by atoms with Crippen LogP contribution < -0.4 is 5.48 Å². The van der Waals surface area contributed by atoms with Crippen LogP contribution in [0.25, 0.3) is 0 Å². The molecule has 0 saturated carbocycles. The quantitative estimate of drug-likeness (QED) is 0.468. The second-order valence-corrected chi connectivity index (χ2v) is 1.37. The highest BCUT2D eigenvalue weighted by atomic mass is 79.9. The SMILES string of the molecule is CNOC(=O)CBr. The molecule has 0 rings (SSSR count). The maximum atomic E-state index is 10.1. The van der Waals surface area contributed by atoms with Crippen LogP contribution in [0.2, 0.25) is 0 Å². The average molecular weight is 168 g/mol. The van der Waals surface area contributed by atoms with Crippen LogP contribution in [0.1, 0.15) is 0 Å². The predicted molar refractivity (Wildman–Crippen MR) is 28.9 cm³/mol. The number of carbonyl (C=O) groups is 1. The molecule has 0 spiro atoms. The fraction of sp³-hybridized carbons (Fsp3) is 0.667. The van der Waals surface area contributed by atoms with Crippen molar-refractivity contribution >= 4 is 21.9 Å². The summed E-state index contributed by atoms with van der Waals surface area (Å²) in [6.45, 7) is 0. The summed E-state index contributed by atoms with van der Waals surface area (Å²) in [5.41, 5.74) is 2.24. The molecule has 0 amide bonds. The second-order valence-electron chi connectivity index (χ2n) is 0.812. The van der Waals surface area contributed by atoms with Gasteiger partial charge in [-0.3, -0.25) is 0 Å². The fourth-order valence-corrected chi connectivity index (χ4v) is 0.256. The maximum Gasteiger partial charge on any atom is 0.335 e. The Morgan fingerprint density at radius 1 is 2.00 bits per heavy atom. The van der Waals surface area contributed by atoms with Crippen LogP contribution in [-0.2, 0) is 9.63 Å². The van der Waals surface area contributed by atoms with E-state index >= 15 is 0 Å². The third kappa shape index (κ3) is 3.75. The zero-order valence-electron chi connectivity index (χ0n) is 3.90. The number of halogens is 1. The molecule has 0 unspecified atom stereocenters. The third-order valence-electron chi connectivity index (χ3n) is 0.325. The van der Waals surface area contributed by atoms with Gasteiger partial charge in [0, 0.05) is 7.05 Å². The smallest absolute Gasteiger partial charge is 0.335 e. The van der Waals surface area contributed by atoms with E-state index in [9.17, 15) is 4.79 Å². The number of hydroxylamine groups is 1. The molecule has 7 heavy (non-hydrogen) atoms. The van der Waals surface area contributed by atoms with Crippen molar-refractivity contribution < 1.29 is 9.63 Å². The molecular weight excluding hydrogens is 162 g/mol. The molecule has 3 nitrogen and oxygen atoms in total. The first-order chi connectivity index (χ1) is 3.31. The predicted octanol–water partition coefficient (Wildman–Crippen LogP) is 0.0589. The Morgan fingerprint density at radius 2 is 2.57 bits per heavy atom. The summed E-state index contributed by atoms with van der Waals surface area (Å²) in [7, 11) is 1.53. The second kappa shape index (κ2) is 4.08. The van der Waals surface area contributed by atoms with Gasteiger partial charge in [-0.25, -0.2) is 4.79 Å². The average Bonchev–Trinajstić information content (AvgIpc) is 1.68. The van der Waals surface area contributed by atoms with Gasteiger partial charge in [-0.1, -0.05) is 15.9 Å². The van der Waals surface area contributed by atoms with Crippen LogP contribution >= 0.6 is 15.9 Å². The molecular formula is C3H6BrNO2. The summed E-state index contributed by atoms with van der Waals surface area (Å²) in [5, 5.41) is 0.230. The van der Waals surface area contributed by atoms with Crippen LogP contribution in [-0.4, -0.2) is 18.3 Å². The number of alkyl halides is 1. The van der Waals surface area contributed by atoms with E-state index in [1.807, 2.05) is 0 Å². The summed E-state index contributed by atoms with van der Waals surface area (Å²) in [6.07, 6.45) is 0. The van der Waals surface area contributed by atoms with E-state index in [-0.39, 0.29) is 11.3 Å². The van der Waals surface area contributed by atoms with Crippen molar-refractivity contribution in [1.29, 1.82) is 0 Å². The first kappa shape index (κ1) is 6.91. The molecule has 0 aliphatic heterocycles. The van der Waals surface area contributed by atoms with E-state index in [4.69, 9.17) is 0 Å². The van der Waals surface area contributed by atoms with Crippen molar-refractivity contribution in [1.82, 2.24) is 5.48 Å². The molecule has 4 heteroatoms. The topological polar surface area (TPSA) is 38.3 Å². The molecule has 0 aromatic heterocycles. The zero-order valence-corrected chi connectivity index (χ0v) is 5.49. The standard InChI is InChI=1S/C3H6BrNO2/c1-5-7-3(6)2-4/h5H,2H2,1H3. The molecule has 1 N–H and O–H groups in total. The van der Waals surface area contributed by atoms with Crippen molar-refractivity contribution in [3.05, 3.63) is 0 Å². The number of hydrogen-bond donors (Lipinski definition) is 1. The van der Waals surface area contributed by atoms with Crippen LogP contribution in [0.3, 0.4) is 0 Å². The van der Waals surface area contributed by atoms with Crippen LogP contribution in [0.15, 0.2) is 0 Å². The van der Waals surface area contributed by atoms with E-state index in [0.717, 1.165) is 0 Å². The fourth-order valence-electron chi connectivity index (χ4n) is 0.141. The van der Waals surface area contributed by atoms with Crippen molar-refractivity contribution in [2.45, 2.75) is 0 Å². The highest BCUT2D eigenvalue weighted by Gasteiger charge is 1.93. The van der Waals surface area contributed by atoms with Gasteiger partial charge in [0.2, 0.25) is 0 Å². The minimum atomic E-state index is -0.317. The highest BCUT2D eigenvalue weighted by molar-refractivity contribution is 9.09. The molecule has 0 fully saturated rings. The first-order valence-electron chi connectivity index (χ1n) is 1.73. The van der Waals surface area contributed by atoms with Gasteiger partial charge >= 0.3 is 5.97 Å². The van der Waals surface area contributed by atoms with E-state index in [0.29, 0.717) is 0 Å². The van der Waals surface area contributed by atoms with Gasteiger partial charge in [0.1, 0.15) is 5.33 Å². The largest absolute Gasteiger partial charge is 0.370 e. The van der Waals surface area contributed by atoms with Gasteiger partial charge in [-0.05, 0) is 0 Å². The summed E-state index contributed by atoms with van der Waals surface area (Å²) >= 11 is 2.90. The number of nitrogens with one attached hydrogen (secondary N) is 1. The lowest BCUT2D eigenvalue weighted by Crippen LogP contribution is -2.15. The van der Waals surface area contributed by atoms with Crippen molar-refractivity contribution in [2.75, 3.05) is 12.4 Å². The van der Waals surface area contributed by atoms with Gasteiger partial charge < -0.3 is 4.84 Å². The molecule has 0 bridgehead atoms. The molecule has 0 aliphatic rings. The minimum Gasteiger partial charge on any atom is -0.370 e. The third-order valence-corrected chi connectivity index (χ3v) is 0.783. The summed E-state index contributed by atoms with van der Waals surface area (Å²) in [4.78, 5) is 14.3. The van der Waals surface area contributed by atoms with E-state index in [1.54, 1.807) is 0 Å². The van der Waals surface area contributed by atoms with Crippen molar-refractivity contribution in [3.63, 3.8) is 0 Å². The van der Waals surface area contributed by atoms with Gasteiger partial charge in [0.15, 0.2) is 0 Å². The lowest BCUT2D eigenvalue weighted by Gasteiger charge is -1.93. The normalized spacial score (nSPS) is 8.29. The van der Waals surface area contributed by atoms with E-state index in [2.05, 4.69) is 26.2 Å². The number of rotatable bonds is 2. The Bertz CT molecular complexity index is 66.0. The lowest BCUT2D eigenvalue weighted by molar-refractivity contribution is -0.146. The Morgan fingerprint density at radius 3 is 2.71 bits per heavy atom. The van der Waals surface area contributed by atoms with Crippen LogP contribution in [0.5, 0.6) is 0 Å². The monoisotopic (exact) mass is 167 g/mol. The number of hydrogen-bond acceptors (Lipinski definition) is 3. The Labute approximate surface area is 50.1 Å². The van der Waals surface area contributed by atoms with Gasteiger partial charge in [0.25, 0.3) is 0 Å². The van der Waals surface area contributed by atoms with E-state index < -0.39 is 0 Å². The molecule has 0 aromatic rings. The Balaban J connectivity index is 3.00. The summed E-state index contributed by atoms with van der Waals surface area (Å²) < 4.78 is 0. The Hall–Kier alpha value is -0.0900. The molecule has 0 saturated heterocycles. The van der Waals surface area contributed by atoms with E-state index in [1.165, 1.54) is 7.05 Å². The molecule has 0 radical (unpaired) electrons. The van der Waals surface area contributed by atoms with Gasteiger partial charge in [-0.15, -0.1) is 0 Å². The van der Waals surface area contributed by atoms with Crippen molar-refractivity contribution in [3.8, 4) is 0 Å². The molecule has 0 heterocycles.